The van der Waals surface area contributed by atoms with Crippen molar-refractivity contribution in [1.29, 1.82) is 0 Å². The first kappa shape index (κ1) is 14.1. The maximum Gasteiger partial charge on any atom is 0.313 e. The van der Waals surface area contributed by atoms with E-state index in [1.54, 1.807) is 25.8 Å². The molecule has 0 saturated carbocycles. The van der Waals surface area contributed by atoms with E-state index >= 15 is 0 Å². The van der Waals surface area contributed by atoms with Crippen molar-refractivity contribution in [2.24, 2.45) is 0 Å². The van der Waals surface area contributed by atoms with E-state index in [-0.39, 0.29) is 38.0 Å². The number of rotatable bonds is 7. The molecule has 15 heavy (non-hydrogen) atoms. The van der Waals surface area contributed by atoms with Crippen molar-refractivity contribution >= 4 is 11.8 Å². The zero-order valence-electron chi connectivity index (χ0n) is 9.52. The van der Waals surface area contributed by atoms with Gasteiger partial charge in [0.1, 0.15) is 6.42 Å². The molecule has 0 spiro atoms. The van der Waals surface area contributed by atoms with Crippen molar-refractivity contribution in [3.63, 3.8) is 0 Å². The van der Waals surface area contributed by atoms with Crippen LogP contribution >= 0.6 is 0 Å². The van der Waals surface area contributed by atoms with Gasteiger partial charge in [-0.2, -0.15) is 0 Å². The van der Waals surface area contributed by atoms with Gasteiger partial charge < -0.3 is 9.84 Å². The third kappa shape index (κ3) is 6.19. The van der Waals surface area contributed by atoms with Crippen LogP contribution in [-0.4, -0.2) is 54.6 Å². The molecule has 5 heteroatoms. The Morgan fingerprint density at radius 2 is 2.07 bits per heavy atom. The molecule has 0 radical (unpaired) electrons. The van der Waals surface area contributed by atoms with Gasteiger partial charge in [0.2, 0.25) is 0 Å². The molecule has 0 aromatic rings. The molecule has 0 amide bonds. The van der Waals surface area contributed by atoms with Crippen LogP contribution in [0, 0.1) is 0 Å². The number of esters is 1. The minimum atomic E-state index is -0.493. The summed E-state index contributed by atoms with van der Waals surface area (Å²) in [7, 11) is 1.73. The molecule has 0 aromatic heterocycles. The van der Waals surface area contributed by atoms with Gasteiger partial charge in [-0.05, 0) is 20.9 Å². The highest BCUT2D eigenvalue weighted by molar-refractivity contribution is 5.96. The predicted octanol–water partition coefficient (Wildman–Crippen LogP) is -0.179. The number of carbonyl (C=O) groups is 2. The maximum atomic E-state index is 11.3. The van der Waals surface area contributed by atoms with Crippen LogP contribution in [-0.2, 0) is 14.3 Å². The highest BCUT2D eigenvalue weighted by atomic mass is 16.5. The Kier molecular flexibility index (Phi) is 6.90. The SMILES string of the molecule is CCOC(=O)CC(=O)CN(C)C(C)CO. The molecule has 0 aromatic carbocycles. The summed E-state index contributed by atoms with van der Waals surface area (Å²) < 4.78 is 4.65. The van der Waals surface area contributed by atoms with Gasteiger partial charge in [-0.3, -0.25) is 14.5 Å². The van der Waals surface area contributed by atoms with Crippen molar-refractivity contribution in [3.8, 4) is 0 Å². The van der Waals surface area contributed by atoms with E-state index in [1.807, 2.05) is 0 Å². The largest absolute Gasteiger partial charge is 0.466 e. The number of likely N-dealkylation sites (N-methyl/N-ethyl adjacent to an activating group) is 1. The lowest BCUT2D eigenvalue weighted by molar-refractivity contribution is -0.145. The Labute approximate surface area is 90.0 Å². The molecular weight excluding hydrogens is 198 g/mol. The Balaban J connectivity index is 3.87. The highest BCUT2D eigenvalue weighted by Gasteiger charge is 2.15. The monoisotopic (exact) mass is 217 g/mol. The molecule has 0 bridgehead atoms. The van der Waals surface area contributed by atoms with Gasteiger partial charge in [-0.15, -0.1) is 0 Å². The maximum absolute atomic E-state index is 11.3. The molecule has 0 saturated heterocycles. The molecule has 0 heterocycles. The van der Waals surface area contributed by atoms with Crippen LogP contribution < -0.4 is 0 Å². The van der Waals surface area contributed by atoms with E-state index in [0.29, 0.717) is 0 Å². The van der Waals surface area contributed by atoms with Gasteiger partial charge in [0.25, 0.3) is 0 Å². The van der Waals surface area contributed by atoms with Crippen LogP contribution in [0.1, 0.15) is 20.3 Å². The van der Waals surface area contributed by atoms with E-state index < -0.39 is 5.97 Å². The second-order valence-electron chi connectivity index (χ2n) is 3.47. The number of hydrogen-bond acceptors (Lipinski definition) is 5. The third-order valence-corrected chi connectivity index (χ3v) is 2.09. The summed E-state index contributed by atoms with van der Waals surface area (Å²) in [6, 6.07) is -0.0869. The van der Waals surface area contributed by atoms with Crippen molar-refractivity contribution < 1.29 is 19.4 Å². The smallest absolute Gasteiger partial charge is 0.313 e. The summed E-state index contributed by atoms with van der Waals surface area (Å²) in [6.45, 7) is 3.93. The molecule has 5 nitrogen and oxygen atoms in total. The fourth-order valence-corrected chi connectivity index (χ4v) is 1.00. The molecule has 0 rings (SSSR count). The minimum Gasteiger partial charge on any atom is -0.466 e. The summed E-state index contributed by atoms with van der Waals surface area (Å²) in [4.78, 5) is 24.0. The van der Waals surface area contributed by atoms with Crippen LogP contribution in [0.4, 0.5) is 0 Å². The quantitative estimate of drug-likeness (QED) is 0.473. The average Bonchev–Trinajstić information content (AvgIpc) is 2.16. The summed E-state index contributed by atoms with van der Waals surface area (Å²) in [5, 5.41) is 8.84. The first-order valence-electron chi connectivity index (χ1n) is 4.99. The van der Waals surface area contributed by atoms with Crippen LogP contribution in [0.2, 0.25) is 0 Å². The van der Waals surface area contributed by atoms with E-state index in [0.717, 1.165) is 0 Å². The zero-order valence-corrected chi connectivity index (χ0v) is 9.52. The van der Waals surface area contributed by atoms with Crippen LogP contribution in [0.3, 0.4) is 0 Å². The number of aliphatic hydroxyl groups excluding tert-OH is 1. The molecule has 0 aliphatic heterocycles. The van der Waals surface area contributed by atoms with Gasteiger partial charge in [-0.25, -0.2) is 0 Å². The molecule has 0 aliphatic carbocycles. The van der Waals surface area contributed by atoms with E-state index in [2.05, 4.69) is 4.74 Å². The fraction of sp³-hybridized carbons (Fsp3) is 0.800. The van der Waals surface area contributed by atoms with Crippen molar-refractivity contribution in [2.45, 2.75) is 26.3 Å². The third-order valence-electron chi connectivity index (χ3n) is 2.09. The standard InChI is InChI=1S/C10H19NO4/c1-4-15-10(14)5-9(13)6-11(3)8(2)7-12/h8,12H,4-7H2,1-3H3. The van der Waals surface area contributed by atoms with Crippen LogP contribution in [0.15, 0.2) is 0 Å². The Hall–Kier alpha value is -0.940. The first-order valence-corrected chi connectivity index (χ1v) is 4.99. The van der Waals surface area contributed by atoms with Gasteiger partial charge in [0.05, 0.1) is 19.8 Å². The summed E-state index contributed by atoms with van der Waals surface area (Å²) in [6.07, 6.45) is -0.198. The zero-order chi connectivity index (χ0) is 11.8. The van der Waals surface area contributed by atoms with Crippen molar-refractivity contribution in [1.82, 2.24) is 4.90 Å². The average molecular weight is 217 g/mol. The Morgan fingerprint density at radius 1 is 1.47 bits per heavy atom. The lowest BCUT2D eigenvalue weighted by Gasteiger charge is -2.21. The summed E-state index contributed by atoms with van der Waals surface area (Å²) in [5.74, 6) is -0.691. The molecule has 1 unspecified atom stereocenters. The van der Waals surface area contributed by atoms with Crippen molar-refractivity contribution in [3.05, 3.63) is 0 Å². The first-order chi connectivity index (χ1) is 7.01. The molecule has 88 valence electrons. The van der Waals surface area contributed by atoms with Gasteiger partial charge in [-0.1, -0.05) is 0 Å². The topological polar surface area (TPSA) is 66.8 Å². The summed E-state index contributed by atoms with van der Waals surface area (Å²) >= 11 is 0. The lowest BCUT2D eigenvalue weighted by atomic mass is 10.2. The molecule has 1 atom stereocenters. The number of carbonyl (C=O) groups excluding carboxylic acids is 2. The van der Waals surface area contributed by atoms with E-state index in [1.165, 1.54) is 0 Å². The number of hydrogen-bond donors (Lipinski definition) is 1. The molecule has 0 aliphatic rings. The van der Waals surface area contributed by atoms with Gasteiger partial charge in [0.15, 0.2) is 5.78 Å². The highest BCUT2D eigenvalue weighted by Crippen LogP contribution is 1.97. The number of Topliss-reactive ketones (excluding diaryl/α,β-unsaturated/α-hetero) is 1. The van der Waals surface area contributed by atoms with E-state index in [9.17, 15) is 9.59 Å². The molecule has 0 fully saturated rings. The molecular formula is C10H19NO4. The van der Waals surface area contributed by atoms with Gasteiger partial charge >= 0.3 is 5.97 Å². The van der Waals surface area contributed by atoms with Crippen molar-refractivity contribution in [2.75, 3.05) is 26.8 Å². The van der Waals surface area contributed by atoms with Crippen LogP contribution in [0.5, 0.6) is 0 Å². The number of ether oxygens (including phenoxy) is 1. The summed E-state index contributed by atoms with van der Waals surface area (Å²) in [5.41, 5.74) is 0. The number of nitrogens with zero attached hydrogens (tertiary/aromatic N) is 1. The normalized spacial score (nSPS) is 12.6. The lowest BCUT2D eigenvalue weighted by Crippen LogP contribution is -2.36. The Bertz CT molecular complexity index is 217. The van der Waals surface area contributed by atoms with Crippen LogP contribution in [0.25, 0.3) is 0 Å². The van der Waals surface area contributed by atoms with Gasteiger partial charge in [0, 0.05) is 6.04 Å². The van der Waals surface area contributed by atoms with E-state index in [4.69, 9.17) is 5.11 Å². The number of ketones is 1. The Morgan fingerprint density at radius 3 is 2.53 bits per heavy atom. The fourth-order valence-electron chi connectivity index (χ4n) is 1.00. The second-order valence-corrected chi connectivity index (χ2v) is 3.47. The molecule has 1 N–H and O–H groups in total. The number of aliphatic hydroxyl groups is 1. The minimum absolute atomic E-state index is 0.0107. The predicted molar refractivity (Wildman–Crippen MR) is 55.4 cm³/mol. The second kappa shape index (κ2) is 7.36.